The van der Waals surface area contributed by atoms with Gasteiger partial charge in [0.2, 0.25) is 11.8 Å². The highest BCUT2D eigenvalue weighted by atomic mass is 35.5. The van der Waals surface area contributed by atoms with Crippen LogP contribution in [0.25, 0.3) is 33.1 Å². The predicted octanol–water partition coefficient (Wildman–Crippen LogP) is 10.5. The molecule has 7 atom stereocenters. The monoisotopic (exact) mass is 2000 g/mol. The van der Waals surface area contributed by atoms with Gasteiger partial charge in [-0.3, -0.25) is 39.9 Å². The third-order valence-electron chi connectivity index (χ3n) is 28.3. The molecule has 0 saturated carbocycles. The first kappa shape index (κ1) is 110. The van der Waals surface area contributed by atoms with Crippen LogP contribution in [-0.4, -0.2) is 282 Å². The Hall–Kier alpha value is -13.3. The van der Waals surface area contributed by atoms with Gasteiger partial charge in [-0.25, -0.2) is 15.0 Å². The molecule has 12 aromatic rings. The Labute approximate surface area is 853 Å². The number of aromatic nitrogens is 9. The van der Waals surface area contributed by atoms with Crippen LogP contribution in [0.15, 0.2) is 152 Å². The fraction of sp³-hybridized carbons (Fsp3) is 0.449. The minimum absolute atomic E-state index is 0.0119. The Kier molecular flexibility index (Phi) is 37.7. The number of carbonyl (C=O) groups is 2. The molecule has 7 unspecified atom stereocenters. The van der Waals surface area contributed by atoms with Crippen LogP contribution in [0.5, 0.6) is 0 Å². The highest BCUT2D eigenvalue weighted by Crippen LogP contribution is 2.37. The minimum atomic E-state index is -0.500. The van der Waals surface area contributed by atoms with Crippen LogP contribution in [-0.2, 0) is 125 Å². The largest absolute Gasteiger partial charge is 0.594 e. The molecule has 0 bridgehead atoms. The Balaban J connectivity index is 0.000000145. The van der Waals surface area contributed by atoms with E-state index in [2.05, 4.69) is 231 Å². The van der Waals surface area contributed by atoms with Crippen LogP contribution < -0.4 is 42.0 Å². The van der Waals surface area contributed by atoms with E-state index in [1.54, 1.807) is 24.3 Å². The number of nitrogens with one attached hydrogen (secondary N) is 3. The molecular weight excluding hydrogens is 1860 g/mol. The van der Waals surface area contributed by atoms with Crippen molar-refractivity contribution in [1.82, 2.24) is 69.4 Å². The maximum atomic E-state index is 12.0. The number of nitro groups is 3. The van der Waals surface area contributed by atoms with Crippen molar-refractivity contribution in [2.75, 3.05) is 154 Å². The molecule has 3 aromatic heterocycles. The number of benzene rings is 9. The van der Waals surface area contributed by atoms with E-state index in [1.807, 2.05) is 102 Å². The number of nitrogen functional groups attached to an aromatic ring is 2. The summed E-state index contributed by atoms with van der Waals surface area (Å²) < 4.78 is 0. The number of hydrogen-bond acceptors (Lipinski definition) is 29. The van der Waals surface area contributed by atoms with E-state index in [1.165, 1.54) is 110 Å². The Morgan fingerprint density at radius 1 is 0.372 bits per heavy atom. The SMILES string of the molecule is CC(=O)Nc1ccc2c(c1)CC(N(C)C)C2.CC(=O)Nc1ccc2c(c1)CC(N(C)C)C2.CCNc1nc2cc3c(cc2[n+]([O-])n1)CC(N(C)C)C3.CN(C)C1Cc2cc(N)c([N+](=O)[O-])cc2C1.CN(C)C1Cc2cc3nc(Cl)n[n+]([O-])c3cc2C1.CN(C)C1Cc2cc3nc(N)n[n+]([O-])c3cc2C1.CN(C)C1Cc2ccc([N+](=O)[O-])cc2C1.CN(C)C1Cc2ccccc2C1.C[N+](=O)[O-].OC1Cc2ccccc2C1. The lowest BCUT2D eigenvalue weighted by atomic mass is 10.1. The first-order chi connectivity index (χ1) is 68.7. The second-order valence-electron chi connectivity index (χ2n) is 40.5. The minimum Gasteiger partial charge on any atom is -0.594 e. The van der Waals surface area contributed by atoms with Gasteiger partial charge in [0, 0.05) is 127 Å². The van der Waals surface area contributed by atoms with Crippen molar-refractivity contribution < 1.29 is 44.0 Å². The van der Waals surface area contributed by atoms with Crippen molar-refractivity contribution in [3.05, 3.63) is 303 Å². The predicted molar refractivity (Wildman–Crippen MR) is 569 cm³/mol. The Bertz CT molecular complexity index is 6400. The fourth-order valence-corrected chi connectivity index (χ4v) is 20.1. The van der Waals surface area contributed by atoms with Crippen molar-refractivity contribution in [1.29, 1.82) is 0 Å². The van der Waals surface area contributed by atoms with E-state index in [9.17, 15) is 50.5 Å². The number of aliphatic hydroxyl groups is 1. The molecule has 0 spiro atoms. The number of carbonyl (C=O) groups excluding carboxylic acids is 2. The molecule has 0 radical (unpaired) electrons. The number of non-ortho nitro benzene ring substituents is 1. The second kappa shape index (κ2) is 49.5. The van der Waals surface area contributed by atoms with Crippen LogP contribution in [0.2, 0.25) is 5.28 Å². The van der Waals surface area contributed by atoms with Crippen LogP contribution >= 0.6 is 11.6 Å². The zero-order chi connectivity index (χ0) is 105. The molecule has 9 aliphatic carbocycles. The van der Waals surface area contributed by atoms with Crippen molar-refractivity contribution in [2.45, 2.75) is 191 Å². The van der Waals surface area contributed by atoms with Crippen LogP contribution in [0.1, 0.15) is 121 Å². The number of anilines is 5. The third-order valence-corrected chi connectivity index (χ3v) is 28.5. The van der Waals surface area contributed by atoms with Gasteiger partial charge in [0.1, 0.15) is 22.2 Å². The van der Waals surface area contributed by atoms with Crippen molar-refractivity contribution in [3.63, 3.8) is 0 Å². The zero-order valence-corrected chi connectivity index (χ0v) is 87.7. The molecule has 3 heterocycles. The maximum absolute atomic E-state index is 12.0. The molecule has 38 heteroatoms. The lowest BCUT2D eigenvalue weighted by Crippen LogP contribution is -2.33. The van der Waals surface area contributed by atoms with E-state index in [0.29, 0.717) is 102 Å². The summed E-state index contributed by atoms with van der Waals surface area (Å²) in [5.74, 6) is 0.376. The van der Waals surface area contributed by atoms with Gasteiger partial charge in [-0.1, -0.05) is 66.7 Å². The van der Waals surface area contributed by atoms with Crippen LogP contribution in [0, 0.1) is 46.0 Å². The van der Waals surface area contributed by atoms with Gasteiger partial charge >= 0.3 is 0 Å². The molecular formula is C107H140ClN25O12. The molecule has 0 aliphatic heterocycles. The second-order valence-corrected chi connectivity index (χ2v) is 40.8. The number of nitrogens with zero attached hydrogens (tertiary/aromatic N) is 20. The topological polar surface area (TPSA) is 456 Å². The smallest absolute Gasteiger partial charge is 0.292 e. The number of halogens is 1. The number of nitrogens with two attached hydrogens (primary N) is 2. The Morgan fingerprint density at radius 2 is 0.648 bits per heavy atom. The highest BCUT2D eigenvalue weighted by Gasteiger charge is 2.34. The number of amides is 2. The van der Waals surface area contributed by atoms with Gasteiger partial charge in [-0.2, -0.15) is 0 Å². The molecule has 772 valence electrons. The summed E-state index contributed by atoms with van der Waals surface area (Å²) in [6.45, 7) is 5.72. The van der Waals surface area contributed by atoms with Gasteiger partial charge in [0.25, 0.3) is 45.1 Å². The molecule has 37 nitrogen and oxygen atoms in total. The number of rotatable bonds is 14. The zero-order valence-electron chi connectivity index (χ0n) is 87.0. The highest BCUT2D eigenvalue weighted by molar-refractivity contribution is 6.28. The van der Waals surface area contributed by atoms with Gasteiger partial charge in [-0.15, -0.1) is 0 Å². The van der Waals surface area contributed by atoms with E-state index in [0.717, 1.165) is 144 Å². The first-order valence-electron chi connectivity index (χ1n) is 49.0. The summed E-state index contributed by atoms with van der Waals surface area (Å²) in [5, 5.41) is 94.5. The number of likely N-dealkylation sites (N-methyl/N-ethyl adjacent to an activating group) is 8. The first-order valence-corrected chi connectivity index (χ1v) is 49.4. The molecule has 0 fully saturated rings. The van der Waals surface area contributed by atoms with E-state index in [4.69, 9.17) is 33.2 Å². The normalized spacial score (nSPS) is 18.0. The molecule has 9 aliphatic rings. The summed E-state index contributed by atoms with van der Waals surface area (Å²) in [6, 6.07) is 54.0. The number of fused-ring (bicyclic) bond motifs is 12. The molecule has 145 heavy (non-hydrogen) atoms. The summed E-state index contributed by atoms with van der Waals surface area (Å²) >= 11 is 5.70. The van der Waals surface area contributed by atoms with Crippen molar-refractivity contribution in [3.8, 4) is 0 Å². The average molecular weight is 2000 g/mol. The average Bonchev–Trinajstić information content (AvgIpc) is 2.10. The van der Waals surface area contributed by atoms with Crippen molar-refractivity contribution >= 4 is 96.8 Å². The summed E-state index contributed by atoms with van der Waals surface area (Å²) in [7, 11) is 34.3. The number of hydrogen-bond donors (Lipinski definition) is 6. The van der Waals surface area contributed by atoms with Gasteiger partial charge in [0.15, 0.2) is 7.05 Å². The molecule has 8 N–H and O–H groups in total. The van der Waals surface area contributed by atoms with E-state index in [-0.39, 0.29) is 51.1 Å². The maximum Gasteiger partial charge on any atom is 0.292 e. The van der Waals surface area contributed by atoms with Crippen LogP contribution in [0.3, 0.4) is 0 Å². The summed E-state index contributed by atoms with van der Waals surface area (Å²) in [4.78, 5) is 83.1. The summed E-state index contributed by atoms with van der Waals surface area (Å²) in [6.07, 6.45) is 18.0. The Morgan fingerprint density at radius 3 is 0.979 bits per heavy atom. The summed E-state index contributed by atoms with van der Waals surface area (Å²) in [5.41, 5.74) is 40.2. The third kappa shape index (κ3) is 29.5. The number of aliphatic hydroxyl groups excluding tert-OH is 1. The molecule has 0 saturated heterocycles. The van der Waals surface area contributed by atoms with Crippen LogP contribution in [0.4, 0.5) is 40.3 Å². The van der Waals surface area contributed by atoms with Gasteiger partial charge < -0.3 is 87.3 Å². The van der Waals surface area contributed by atoms with E-state index >= 15 is 0 Å². The molecule has 21 rings (SSSR count). The molecule has 2 amide bonds. The molecule has 9 aromatic carbocycles. The quantitative estimate of drug-likeness (QED) is 0.0194. The lowest BCUT2D eigenvalue weighted by Gasteiger charge is -2.17. The lowest BCUT2D eigenvalue weighted by molar-refractivity contribution is -0.643. The number of nitro benzene ring substituents is 2. The van der Waals surface area contributed by atoms with Gasteiger partial charge in [-0.05, 0) is 410 Å². The van der Waals surface area contributed by atoms with E-state index < -0.39 is 9.85 Å². The van der Waals surface area contributed by atoms with Crippen molar-refractivity contribution in [2.24, 2.45) is 0 Å². The fourth-order valence-electron chi connectivity index (χ4n) is 19.9. The standard InChI is InChI=1S/C14H19N5O.2C13H18N2O.C12H13ClN4O.C12H15N5O.C11H15N3O2.C11H14N2O2.C11H15N.C9H10O.CH3NO2/c1-4-15-14-16-12-7-9-5-11(18(2)3)6-10(9)8-13(12)19(20)17-14;2*1-9(16)14-12-5-4-10-7-13(15(2)3)8-11(10)6-12;2*1-16(2)9-3-7-5-10-11(6-8(7)4-9)17(18)15-12(13)14-10;1-13(2)9-3-7-5-10(12)11(14(15)16)6-8(7)4-9;1-12(2)11-5-8-3-4-10(13(14)15)6-9(8)7-11;1-12(2)11-7-9-5-3-4-6-10(9)8-11;10-9-5-7-3-1-2-4-8(7)6-9;1-2(3)4/h7-8,11H,4-6H2,1-3H3,(H,15,16,17);2*4-6,13H,7-8H2,1-3H3,(H,14,16);5-6,9H,3-4H2,1-2H3;5-6,9H,3-4H2,1-2H3,(H2,13,14,15);5-6,9H,3-4,12H2,1-2H3;3-4,6,11H,5,7H2,1-2H3;3-6,11H,7-8H2,1-2H3;1-4,9-10H,5-6H2;1H3. The van der Waals surface area contributed by atoms with Gasteiger partial charge in [0.05, 0.1) is 26.1 Å².